The minimum Gasteiger partial charge on any atom is -0.507 e. The van der Waals surface area contributed by atoms with Crippen LogP contribution in [0.3, 0.4) is 0 Å². The summed E-state index contributed by atoms with van der Waals surface area (Å²) in [6.45, 7) is 1.53. The highest BCUT2D eigenvalue weighted by molar-refractivity contribution is 5.97. The molecule has 0 aliphatic carbocycles. The highest BCUT2D eigenvalue weighted by atomic mass is 16.5. The normalized spacial score (nSPS) is 10.1. The fourth-order valence-corrected chi connectivity index (χ4v) is 2.15. The number of aromatic hydroxyl groups is 1. The van der Waals surface area contributed by atoms with Crippen molar-refractivity contribution in [1.82, 2.24) is 0 Å². The molecule has 0 aliphatic rings. The summed E-state index contributed by atoms with van der Waals surface area (Å²) in [6, 6.07) is 11.6. The number of phenolic OH excluding ortho intramolecular Hbond substituents is 1. The van der Waals surface area contributed by atoms with Crippen LogP contribution in [-0.2, 0) is 16.0 Å². The number of rotatable bonds is 6. The lowest BCUT2D eigenvalue weighted by Gasteiger charge is -2.10. The van der Waals surface area contributed by atoms with E-state index in [-0.39, 0.29) is 11.3 Å². The Hall–Kier alpha value is -3.02. The molecular formula is C18H19NO5. The van der Waals surface area contributed by atoms with Gasteiger partial charge in [0.1, 0.15) is 17.1 Å². The Labute approximate surface area is 140 Å². The van der Waals surface area contributed by atoms with Crippen molar-refractivity contribution in [3.8, 4) is 11.5 Å². The van der Waals surface area contributed by atoms with Gasteiger partial charge in [0.25, 0.3) is 5.91 Å². The van der Waals surface area contributed by atoms with Crippen molar-refractivity contribution in [3.05, 3.63) is 53.6 Å². The Kier molecular flexibility index (Phi) is 5.78. The van der Waals surface area contributed by atoms with Gasteiger partial charge in [-0.25, -0.2) is 4.79 Å². The quantitative estimate of drug-likeness (QED) is 0.796. The molecule has 0 aliphatic heterocycles. The zero-order valence-corrected chi connectivity index (χ0v) is 13.5. The molecule has 0 unspecified atom stereocenters. The van der Waals surface area contributed by atoms with Gasteiger partial charge in [-0.3, -0.25) is 4.79 Å². The van der Waals surface area contributed by atoms with Crippen molar-refractivity contribution < 1.29 is 24.2 Å². The molecule has 6 heteroatoms. The number of phenols is 1. The third kappa shape index (κ3) is 4.25. The van der Waals surface area contributed by atoms with Crippen molar-refractivity contribution in [1.29, 1.82) is 0 Å². The van der Waals surface area contributed by atoms with Crippen LogP contribution in [0.5, 0.6) is 11.5 Å². The second-order valence-electron chi connectivity index (χ2n) is 5.02. The Morgan fingerprint density at radius 2 is 1.92 bits per heavy atom. The average molecular weight is 329 g/mol. The molecule has 1 amide bonds. The van der Waals surface area contributed by atoms with E-state index in [4.69, 9.17) is 9.47 Å². The van der Waals surface area contributed by atoms with Crippen LogP contribution < -0.4 is 10.1 Å². The molecule has 24 heavy (non-hydrogen) atoms. The maximum absolute atomic E-state index is 12.0. The maximum Gasteiger partial charge on any atom is 0.342 e. The minimum atomic E-state index is -0.801. The van der Waals surface area contributed by atoms with E-state index in [1.807, 2.05) is 25.1 Å². The summed E-state index contributed by atoms with van der Waals surface area (Å²) in [5.41, 5.74) is 1.61. The monoisotopic (exact) mass is 329 g/mol. The molecule has 2 rings (SSSR count). The number of nitrogens with one attached hydrogen (secondary N) is 1. The number of para-hydroxylation sites is 1. The lowest BCUT2D eigenvalue weighted by atomic mass is 10.1. The van der Waals surface area contributed by atoms with E-state index in [1.165, 1.54) is 25.3 Å². The first kappa shape index (κ1) is 17.3. The smallest absolute Gasteiger partial charge is 0.342 e. The van der Waals surface area contributed by atoms with E-state index < -0.39 is 18.5 Å². The summed E-state index contributed by atoms with van der Waals surface area (Å²) in [7, 11) is 1.44. The molecule has 0 fully saturated rings. The van der Waals surface area contributed by atoms with Gasteiger partial charge in [0, 0.05) is 5.69 Å². The summed E-state index contributed by atoms with van der Waals surface area (Å²) in [6.07, 6.45) is 0.772. The predicted octanol–water partition coefficient (Wildman–Crippen LogP) is 2.76. The number of methoxy groups -OCH3 is 1. The van der Waals surface area contributed by atoms with Crippen LogP contribution in [0.4, 0.5) is 5.69 Å². The number of benzene rings is 2. The van der Waals surface area contributed by atoms with E-state index in [0.717, 1.165) is 12.0 Å². The fraction of sp³-hybridized carbons (Fsp3) is 0.222. The molecule has 0 atom stereocenters. The summed E-state index contributed by atoms with van der Waals surface area (Å²) in [4.78, 5) is 23.9. The second kappa shape index (κ2) is 8.01. The first-order valence-corrected chi connectivity index (χ1v) is 7.47. The molecule has 2 aromatic rings. The van der Waals surface area contributed by atoms with Gasteiger partial charge in [-0.15, -0.1) is 0 Å². The number of anilines is 1. The zero-order chi connectivity index (χ0) is 17.5. The topological polar surface area (TPSA) is 84.9 Å². The van der Waals surface area contributed by atoms with E-state index >= 15 is 0 Å². The molecule has 0 radical (unpaired) electrons. The number of aryl methyl sites for hydroxylation is 1. The molecule has 6 nitrogen and oxygen atoms in total. The van der Waals surface area contributed by atoms with Gasteiger partial charge in [-0.2, -0.15) is 0 Å². The second-order valence-corrected chi connectivity index (χ2v) is 5.02. The Morgan fingerprint density at radius 1 is 1.17 bits per heavy atom. The Balaban J connectivity index is 1.97. The lowest BCUT2D eigenvalue weighted by molar-refractivity contribution is -0.119. The molecule has 0 aromatic heterocycles. The van der Waals surface area contributed by atoms with E-state index in [1.54, 1.807) is 6.07 Å². The fourth-order valence-electron chi connectivity index (χ4n) is 2.15. The van der Waals surface area contributed by atoms with Gasteiger partial charge in [-0.1, -0.05) is 25.1 Å². The molecule has 0 bridgehead atoms. The third-order valence-corrected chi connectivity index (χ3v) is 3.43. The SMILES string of the molecule is CCc1ccccc1NC(=O)COC(=O)c1cc(OC)ccc1O. The van der Waals surface area contributed by atoms with Crippen LogP contribution in [0.1, 0.15) is 22.8 Å². The average Bonchev–Trinajstić information content (AvgIpc) is 2.60. The molecule has 0 spiro atoms. The lowest BCUT2D eigenvalue weighted by Crippen LogP contribution is -2.21. The molecule has 0 heterocycles. The third-order valence-electron chi connectivity index (χ3n) is 3.43. The minimum absolute atomic E-state index is 0.0592. The number of hydrogen-bond acceptors (Lipinski definition) is 5. The molecule has 126 valence electrons. The predicted molar refractivity (Wildman–Crippen MR) is 89.4 cm³/mol. The number of amides is 1. The number of ether oxygens (including phenoxy) is 2. The van der Waals surface area contributed by atoms with Gasteiger partial charge in [0.15, 0.2) is 6.61 Å². The van der Waals surface area contributed by atoms with E-state index in [2.05, 4.69) is 5.32 Å². The Morgan fingerprint density at radius 3 is 2.62 bits per heavy atom. The van der Waals surface area contributed by atoms with Crippen molar-refractivity contribution >= 4 is 17.6 Å². The number of carbonyl (C=O) groups is 2. The first-order chi connectivity index (χ1) is 11.5. The van der Waals surface area contributed by atoms with Crippen molar-refractivity contribution in [2.45, 2.75) is 13.3 Å². The van der Waals surface area contributed by atoms with Crippen LogP contribution in [0, 0.1) is 0 Å². The number of carbonyl (C=O) groups excluding carboxylic acids is 2. The van der Waals surface area contributed by atoms with Gasteiger partial charge in [0.05, 0.1) is 7.11 Å². The van der Waals surface area contributed by atoms with Crippen LogP contribution >= 0.6 is 0 Å². The number of esters is 1. The van der Waals surface area contributed by atoms with Gasteiger partial charge < -0.3 is 19.9 Å². The van der Waals surface area contributed by atoms with Crippen LogP contribution in [0.25, 0.3) is 0 Å². The van der Waals surface area contributed by atoms with Gasteiger partial charge >= 0.3 is 5.97 Å². The zero-order valence-electron chi connectivity index (χ0n) is 13.5. The maximum atomic E-state index is 12.0. The molecule has 2 N–H and O–H groups in total. The standard InChI is InChI=1S/C18H19NO5/c1-3-12-6-4-5-7-15(12)19-17(21)11-24-18(22)14-10-13(23-2)8-9-16(14)20/h4-10,20H,3,11H2,1-2H3,(H,19,21). The van der Waals surface area contributed by atoms with Crippen LogP contribution in [-0.4, -0.2) is 30.7 Å². The number of hydrogen-bond donors (Lipinski definition) is 2. The molecule has 2 aromatic carbocycles. The first-order valence-electron chi connectivity index (χ1n) is 7.47. The van der Waals surface area contributed by atoms with Gasteiger partial charge in [0.2, 0.25) is 0 Å². The highest BCUT2D eigenvalue weighted by Gasteiger charge is 2.16. The highest BCUT2D eigenvalue weighted by Crippen LogP contribution is 2.23. The van der Waals surface area contributed by atoms with Crippen LogP contribution in [0.2, 0.25) is 0 Å². The van der Waals surface area contributed by atoms with Crippen molar-refractivity contribution in [2.24, 2.45) is 0 Å². The van der Waals surface area contributed by atoms with Crippen molar-refractivity contribution in [2.75, 3.05) is 19.0 Å². The van der Waals surface area contributed by atoms with Crippen molar-refractivity contribution in [3.63, 3.8) is 0 Å². The molecular weight excluding hydrogens is 310 g/mol. The molecule has 0 saturated carbocycles. The molecule has 0 saturated heterocycles. The summed E-state index contributed by atoms with van der Waals surface area (Å²) in [5.74, 6) is -1.09. The summed E-state index contributed by atoms with van der Waals surface area (Å²) in [5, 5.41) is 12.4. The van der Waals surface area contributed by atoms with Crippen LogP contribution in [0.15, 0.2) is 42.5 Å². The van der Waals surface area contributed by atoms with E-state index in [9.17, 15) is 14.7 Å². The van der Waals surface area contributed by atoms with Gasteiger partial charge in [-0.05, 0) is 36.2 Å². The largest absolute Gasteiger partial charge is 0.507 e. The summed E-state index contributed by atoms with van der Waals surface area (Å²) >= 11 is 0. The van der Waals surface area contributed by atoms with E-state index in [0.29, 0.717) is 11.4 Å². The Bertz CT molecular complexity index is 742. The summed E-state index contributed by atoms with van der Waals surface area (Å²) < 4.78 is 9.94.